The summed E-state index contributed by atoms with van der Waals surface area (Å²) < 4.78 is 3.03. The number of amides is 1. The molecule has 2 rings (SSSR count). The topological polar surface area (TPSA) is 37.3 Å². The smallest absolute Gasteiger partial charge is 0.270 e. The van der Waals surface area contributed by atoms with Crippen LogP contribution in [-0.4, -0.2) is 40.5 Å². The molecule has 0 radical (unpaired) electrons. The van der Waals surface area contributed by atoms with Gasteiger partial charge in [-0.3, -0.25) is 4.79 Å². The fourth-order valence-electron chi connectivity index (χ4n) is 2.91. The van der Waals surface area contributed by atoms with Crippen LogP contribution in [0.4, 0.5) is 0 Å². The van der Waals surface area contributed by atoms with Crippen LogP contribution < -0.4 is 5.32 Å². The zero-order valence-electron chi connectivity index (χ0n) is 13.2. The average molecular weight is 356 g/mol. The molecule has 0 aromatic carbocycles. The van der Waals surface area contributed by atoms with E-state index in [9.17, 15) is 4.79 Å². The molecular formula is C16H26BrN3O. The maximum Gasteiger partial charge on any atom is 0.270 e. The largest absolute Gasteiger partial charge is 0.342 e. The molecule has 4 nitrogen and oxygen atoms in total. The van der Waals surface area contributed by atoms with Crippen molar-refractivity contribution in [1.29, 1.82) is 0 Å². The second kappa shape index (κ2) is 7.45. The Morgan fingerprint density at radius 3 is 2.90 bits per heavy atom. The van der Waals surface area contributed by atoms with Crippen molar-refractivity contribution in [2.45, 2.75) is 58.7 Å². The molecule has 118 valence electrons. The zero-order valence-corrected chi connectivity index (χ0v) is 14.8. The Balaban J connectivity index is 2.17. The number of carbonyl (C=O) groups is 1. The molecule has 1 N–H and O–H groups in total. The van der Waals surface area contributed by atoms with Gasteiger partial charge in [-0.2, -0.15) is 0 Å². The third kappa shape index (κ3) is 4.10. The van der Waals surface area contributed by atoms with Crippen molar-refractivity contribution in [2.24, 2.45) is 0 Å². The van der Waals surface area contributed by atoms with Gasteiger partial charge in [-0.1, -0.05) is 6.92 Å². The number of rotatable bonds is 6. The summed E-state index contributed by atoms with van der Waals surface area (Å²) >= 11 is 3.49. The maximum absolute atomic E-state index is 12.9. The number of aromatic nitrogens is 1. The average Bonchev–Trinajstić information content (AvgIpc) is 3.05. The van der Waals surface area contributed by atoms with Gasteiger partial charge in [-0.25, -0.2) is 0 Å². The SMILES string of the molecule is CCCn1cc(Br)cc1C(=O)N(CC1CCCN1)C(C)C. The van der Waals surface area contributed by atoms with Gasteiger partial charge in [0.15, 0.2) is 0 Å². The van der Waals surface area contributed by atoms with Gasteiger partial charge in [0.1, 0.15) is 5.69 Å². The van der Waals surface area contributed by atoms with Crippen LogP contribution in [0.25, 0.3) is 0 Å². The summed E-state index contributed by atoms with van der Waals surface area (Å²) in [5, 5.41) is 3.48. The molecule has 0 aliphatic carbocycles. The first-order chi connectivity index (χ1) is 10.0. The molecule has 2 heterocycles. The van der Waals surface area contributed by atoms with Gasteiger partial charge < -0.3 is 14.8 Å². The number of hydrogen-bond donors (Lipinski definition) is 1. The molecule has 1 saturated heterocycles. The van der Waals surface area contributed by atoms with Crippen LogP contribution >= 0.6 is 15.9 Å². The van der Waals surface area contributed by atoms with Crippen LogP contribution in [0.15, 0.2) is 16.7 Å². The van der Waals surface area contributed by atoms with E-state index in [2.05, 4.69) is 46.6 Å². The van der Waals surface area contributed by atoms with E-state index in [-0.39, 0.29) is 11.9 Å². The number of hydrogen-bond acceptors (Lipinski definition) is 2. The molecule has 0 saturated carbocycles. The maximum atomic E-state index is 12.9. The van der Waals surface area contributed by atoms with E-state index >= 15 is 0 Å². The molecule has 1 aromatic heterocycles. The summed E-state index contributed by atoms with van der Waals surface area (Å²) in [5.74, 6) is 0.137. The van der Waals surface area contributed by atoms with Crippen molar-refractivity contribution in [3.8, 4) is 0 Å². The van der Waals surface area contributed by atoms with Crippen LogP contribution in [0.1, 0.15) is 50.5 Å². The Labute approximate surface area is 136 Å². The highest BCUT2D eigenvalue weighted by Gasteiger charge is 2.26. The second-order valence-electron chi connectivity index (χ2n) is 6.08. The van der Waals surface area contributed by atoms with Crippen molar-refractivity contribution >= 4 is 21.8 Å². The summed E-state index contributed by atoms with van der Waals surface area (Å²) in [5.41, 5.74) is 0.787. The van der Waals surface area contributed by atoms with Gasteiger partial charge in [-0.15, -0.1) is 0 Å². The van der Waals surface area contributed by atoms with E-state index in [0.717, 1.165) is 42.6 Å². The first-order valence-electron chi connectivity index (χ1n) is 7.93. The number of nitrogens with one attached hydrogen (secondary N) is 1. The first-order valence-corrected chi connectivity index (χ1v) is 8.72. The molecule has 0 spiro atoms. The predicted octanol–water partition coefficient (Wildman–Crippen LogP) is 3.26. The van der Waals surface area contributed by atoms with Gasteiger partial charge in [0.2, 0.25) is 0 Å². The normalized spacial score (nSPS) is 18.4. The summed E-state index contributed by atoms with van der Waals surface area (Å²) in [7, 11) is 0. The lowest BCUT2D eigenvalue weighted by molar-refractivity contribution is 0.0678. The van der Waals surface area contributed by atoms with E-state index in [0.29, 0.717) is 6.04 Å². The highest BCUT2D eigenvalue weighted by Crippen LogP contribution is 2.19. The number of aryl methyl sites for hydroxylation is 1. The lowest BCUT2D eigenvalue weighted by atomic mass is 10.1. The molecule has 1 fully saturated rings. The molecule has 1 unspecified atom stereocenters. The third-order valence-corrected chi connectivity index (χ3v) is 4.44. The Hall–Kier alpha value is -0.810. The first kappa shape index (κ1) is 16.6. The Kier molecular flexibility index (Phi) is 5.88. The van der Waals surface area contributed by atoms with Crippen molar-refractivity contribution in [2.75, 3.05) is 13.1 Å². The second-order valence-corrected chi connectivity index (χ2v) is 7.00. The van der Waals surface area contributed by atoms with Crippen molar-refractivity contribution < 1.29 is 4.79 Å². The van der Waals surface area contributed by atoms with Crippen LogP contribution in [0.3, 0.4) is 0 Å². The van der Waals surface area contributed by atoms with Crippen LogP contribution in [0, 0.1) is 0 Å². The molecule has 1 aliphatic rings. The standard InChI is InChI=1S/C16H26BrN3O/c1-4-8-19-10-13(17)9-15(19)16(21)20(12(2)3)11-14-6-5-7-18-14/h9-10,12,14,18H,4-8,11H2,1-3H3. The minimum absolute atomic E-state index is 0.137. The Morgan fingerprint density at radius 2 is 2.33 bits per heavy atom. The van der Waals surface area contributed by atoms with E-state index < -0.39 is 0 Å². The number of carbonyl (C=O) groups excluding carboxylic acids is 1. The fourth-order valence-corrected chi connectivity index (χ4v) is 3.37. The summed E-state index contributed by atoms with van der Waals surface area (Å²) in [6, 6.07) is 2.59. The number of nitrogens with zero attached hydrogens (tertiary/aromatic N) is 2. The summed E-state index contributed by atoms with van der Waals surface area (Å²) in [4.78, 5) is 14.9. The van der Waals surface area contributed by atoms with Gasteiger partial charge in [0, 0.05) is 35.8 Å². The minimum atomic E-state index is 0.137. The lowest BCUT2D eigenvalue weighted by Crippen LogP contribution is -2.45. The van der Waals surface area contributed by atoms with Gasteiger partial charge >= 0.3 is 0 Å². The summed E-state index contributed by atoms with van der Waals surface area (Å²) in [6.07, 6.45) is 5.40. The molecular weight excluding hydrogens is 330 g/mol. The van der Waals surface area contributed by atoms with E-state index in [1.54, 1.807) is 0 Å². The minimum Gasteiger partial charge on any atom is -0.342 e. The Morgan fingerprint density at radius 1 is 1.57 bits per heavy atom. The molecule has 21 heavy (non-hydrogen) atoms. The lowest BCUT2D eigenvalue weighted by Gasteiger charge is -2.30. The fraction of sp³-hybridized carbons (Fsp3) is 0.688. The molecule has 1 amide bonds. The van der Waals surface area contributed by atoms with Gasteiger partial charge in [0.25, 0.3) is 5.91 Å². The van der Waals surface area contributed by atoms with E-state index in [1.807, 2.05) is 17.2 Å². The third-order valence-electron chi connectivity index (χ3n) is 4.01. The van der Waals surface area contributed by atoms with E-state index in [4.69, 9.17) is 0 Å². The molecule has 1 aliphatic heterocycles. The number of halogens is 1. The summed E-state index contributed by atoms with van der Waals surface area (Å²) in [6.45, 7) is 9.06. The van der Waals surface area contributed by atoms with Crippen LogP contribution in [-0.2, 0) is 6.54 Å². The molecule has 1 atom stereocenters. The van der Waals surface area contributed by atoms with Crippen LogP contribution in [0.2, 0.25) is 0 Å². The molecule has 0 bridgehead atoms. The van der Waals surface area contributed by atoms with Crippen molar-refractivity contribution in [1.82, 2.24) is 14.8 Å². The van der Waals surface area contributed by atoms with Crippen molar-refractivity contribution in [3.63, 3.8) is 0 Å². The van der Waals surface area contributed by atoms with Crippen molar-refractivity contribution in [3.05, 3.63) is 22.4 Å². The molecule has 1 aromatic rings. The monoisotopic (exact) mass is 355 g/mol. The van der Waals surface area contributed by atoms with Gasteiger partial charge in [-0.05, 0) is 61.7 Å². The zero-order chi connectivity index (χ0) is 15.4. The van der Waals surface area contributed by atoms with Gasteiger partial charge in [0.05, 0.1) is 0 Å². The highest BCUT2D eigenvalue weighted by molar-refractivity contribution is 9.10. The quantitative estimate of drug-likeness (QED) is 0.850. The van der Waals surface area contributed by atoms with E-state index in [1.165, 1.54) is 6.42 Å². The predicted molar refractivity (Wildman–Crippen MR) is 89.6 cm³/mol. The van der Waals surface area contributed by atoms with Crippen LogP contribution in [0.5, 0.6) is 0 Å². The molecule has 5 heteroatoms. The highest BCUT2D eigenvalue weighted by atomic mass is 79.9. The Bertz CT molecular complexity index is 478.